The van der Waals surface area contributed by atoms with E-state index in [-0.39, 0.29) is 0 Å². The molecule has 0 spiro atoms. The molecule has 1 aliphatic heterocycles. The van der Waals surface area contributed by atoms with E-state index in [1.54, 1.807) is 0 Å². The Labute approximate surface area is 131 Å². The third kappa shape index (κ3) is 2.08. The van der Waals surface area contributed by atoms with Gasteiger partial charge in [0.05, 0.1) is 17.6 Å². The largest absolute Gasteiger partial charge is 0.364 e. The molecule has 1 aromatic heterocycles. The van der Waals surface area contributed by atoms with E-state index in [0.717, 1.165) is 24.4 Å². The molecule has 3 heteroatoms. The normalized spacial score (nSPS) is 17.7. The van der Waals surface area contributed by atoms with Gasteiger partial charge in [0.25, 0.3) is 0 Å². The maximum absolute atomic E-state index is 4.82. The molecule has 22 heavy (non-hydrogen) atoms. The summed E-state index contributed by atoms with van der Waals surface area (Å²) < 4.78 is 2.22. The first-order valence-corrected chi connectivity index (χ1v) is 7.98. The van der Waals surface area contributed by atoms with Crippen LogP contribution in [-0.2, 0) is 13.6 Å². The Balaban J connectivity index is 1.71. The zero-order valence-electron chi connectivity index (χ0n) is 13.2. The Kier molecular flexibility index (Phi) is 3.14. The molecule has 0 aliphatic carbocycles. The number of para-hydroxylation sites is 3. The van der Waals surface area contributed by atoms with Crippen molar-refractivity contribution in [2.24, 2.45) is 7.05 Å². The van der Waals surface area contributed by atoms with Gasteiger partial charge in [-0.3, -0.25) is 0 Å². The van der Waals surface area contributed by atoms with Crippen LogP contribution in [0.3, 0.4) is 0 Å². The van der Waals surface area contributed by atoms with Crippen molar-refractivity contribution in [2.45, 2.75) is 25.8 Å². The summed E-state index contributed by atoms with van der Waals surface area (Å²) in [5.74, 6) is 1.78. The van der Waals surface area contributed by atoms with Crippen molar-refractivity contribution in [2.75, 3.05) is 11.4 Å². The summed E-state index contributed by atoms with van der Waals surface area (Å²) >= 11 is 0. The Morgan fingerprint density at radius 1 is 1.09 bits per heavy atom. The average Bonchev–Trinajstić information content (AvgIpc) is 2.87. The van der Waals surface area contributed by atoms with E-state index in [2.05, 4.69) is 72.0 Å². The molecule has 0 bridgehead atoms. The molecular weight excluding hydrogens is 270 g/mol. The molecule has 2 heterocycles. The molecule has 1 atom stereocenters. The molecule has 0 radical (unpaired) electrons. The Morgan fingerprint density at radius 2 is 1.86 bits per heavy atom. The lowest BCUT2D eigenvalue weighted by Crippen LogP contribution is -2.31. The number of hydrogen-bond donors (Lipinski definition) is 0. The summed E-state index contributed by atoms with van der Waals surface area (Å²) in [6.45, 7) is 4.29. The number of anilines is 1. The first kappa shape index (κ1) is 13.4. The molecule has 2 aromatic carbocycles. The lowest BCUT2D eigenvalue weighted by atomic mass is 9.91. The van der Waals surface area contributed by atoms with Crippen LogP contribution in [0.15, 0.2) is 48.5 Å². The fourth-order valence-electron chi connectivity index (χ4n) is 3.49. The minimum absolute atomic E-state index is 0.646. The minimum atomic E-state index is 0.646. The first-order chi connectivity index (χ1) is 10.7. The highest BCUT2D eigenvalue weighted by atomic mass is 15.2. The van der Waals surface area contributed by atoms with Gasteiger partial charge in [0.15, 0.2) is 0 Å². The molecule has 112 valence electrons. The van der Waals surface area contributed by atoms with Crippen molar-refractivity contribution in [3.63, 3.8) is 0 Å². The van der Waals surface area contributed by atoms with Gasteiger partial charge in [-0.25, -0.2) is 4.98 Å². The second-order valence-corrected chi connectivity index (χ2v) is 6.25. The maximum atomic E-state index is 4.82. The third-order valence-corrected chi connectivity index (χ3v) is 4.85. The standard InChI is InChI=1S/C19H21N3/c1-14-11-12-22(17-9-5-3-7-15(14)17)13-19-20-16-8-4-6-10-18(16)21(19)2/h3-10,14H,11-13H2,1-2H3. The van der Waals surface area contributed by atoms with Crippen LogP contribution in [0.25, 0.3) is 11.0 Å². The van der Waals surface area contributed by atoms with Gasteiger partial charge in [-0.05, 0) is 36.1 Å². The van der Waals surface area contributed by atoms with Crippen molar-refractivity contribution in [1.29, 1.82) is 0 Å². The number of benzene rings is 2. The van der Waals surface area contributed by atoms with Crippen LogP contribution in [0.5, 0.6) is 0 Å². The molecular formula is C19H21N3. The van der Waals surface area contributed by atoms with Gasteiger partial charge in [-0.15, -0.1) is 0 Å². The number of fused-ring (bicyclic) bond motifs is 2. The molecule has 1 aliphatic rings. The second-order valence-electron chi connectivity index (χ2n) is 6.25. The maximum Gasteiger partial charge on any atom is 0.129 e. The number of aromatic nitrogens is 2. The van der Waals surface area contributed by atoms with Crippen LogP contribution in [0, 0.1) is 0 Å². The smallest absolute Gasteiger partial charge is 0.129 e. The molecule has 1 unspecified atom stereocenters. The van der Waals surface area contributed by atoms with Gasteiger partial charge in [-0.1, -0.05) is 37.3 Å². The number of aryl methyl sites for hydroxylation is 1. The topological polar surface area (TPSA) is 21.1 Å². The van der Waals surface area contributed by atoms with Gasteiger partial charge in [0.1, 0.15) is 5.82 Å². The van der Waals surface area contributed by atoms with Crippen molar-refractivity contribution in [3.05, 3.63) is 59.9 Å². The van der Waals surface area contributed by atoms with Gasteiger partial charge in [-0.2, -0.15) is 0 Å². The van der Waals surface area contributed by atoms with Gasteiger partial charge < -0.3 is 9.47 Å². The summed E-state index contributed by atoms with van der Waals surface area (Å²) in [6.07, 6.45) is 1.21. The van der Waals surface area contributed by atoms with Crippen LogP contribution >= 0.6 is 0 Å². The van der Waals surface area contributed by atoms with E-state index in [0.29, 0.717) is 5.92 Å². The molecule has 4 rings (SSSR count). The van der Waals surface area contributed by atoms with Gasteiger partial charge in [0, 0.05) is 19.3 Å². The highest BCUT2D eigenvalue weighted by Gasteiger charge is 2.23. The van der Waals surface area contributed by atoms with Gasteiger partial charge >= 0.3 is 0 Å². The predicted octanol–water partition coefficient (Wildman–Crippen LogP) is 4.09. The van der Waals surface area contributed by atoms with Crippen molar-refractivity contribution in [1.82, 2.24) is 9.55 Å². The average molecular weight is 291 g/mol. The van der Waals surface area contributed by atoms with Crippen molar-refractivity contribution in [3.8, 4) is 0 Å². The van der Waals surface area contributed by atoms with Crippen LogP contribution in [-0.4, -0.2) is 16.1 Å². The molecule has 0 saturated heterocycles. The molecule has 0 amide bonds. The van der Waals surface area contributed by atoms with Crippen molar-refractivity contribution < 1.29 is 0 Å². The van der Waals surface area contributed by atoms with Crippen LogP contribution in [0.2, 0.25) is 0 Å². The number of rotatable bonds is 2. The molecule has 0 fully saturated rings. The van der Waals surface area contributed by atoms with Crippen LogP contribution in [0.1, 0.15) is 30.7 Å². The minimum Gasteiger partial charge on any atom is -0.364 e. The van der Waals surface area contributed by atoms with E-state index in [1.807, 2.05) is 0 Å². The molecule has 0 N–H and O–H groups in total. The molecule has 3 nitrogen and oxygen atoms in total. The zero-order valence-corrected chi connectivity index (χ0v) is 13.2. The number of hydrogen-bond acceptors (Lipinski definition) is 2. The Bertz CT molecular complexity index is 818. The summed E-state index contributed by atoms with van der Waals surface area (Å²) in [5, 5.41) is 0. The van der Waals surface area contributed by atoms with E-state index in [4.69, 9.17) is 4.98 Å². The summed E-state index contributed by atoms with van der Waals surface area (Å²) in [6, 6.07) is 17.1. The lowest BCUT2D eigenvalue weighted by Gasteiger charge is -2.34. The first-order valence-electron chi connectivity index (χ1n) is 7.98. The van der Waals surface area contributed by atoms with E-state index in [1.165, 1.54) is 23.2 Å². The number of nitrogens with zero attached hydrogens (tertiary/aromatic N) is 3. The van der Waals surface area contributed by atoms with E-state index < -0.39 is 0 Å². The highest BCUT2D eigenvalue weighted by molar-refractivity contribution is 5.75. The summed E-state index contributed by atoms with van der Waals surface area (Å²) in [7, 11) is 2.11. The van der Waals surface area contributed by atoms with Crippen molar-refractivity contribution >= 4 is 16.7 Å². The van der Waals surface area contributed by atoms with E-state index >= 15 is 0 Å². The van der Waals surface area contributed by atoms with Crippen LogP contribution in [0.4, 0.5) is 5.69 Å². The quantitative estimate of drug-likeness (QED) is 0.709. The third-order valence-electron chi connectivity index (χ3n) is 4.85. The summed E-state index contributed by atoms with van der Waals surface area (Å²) in [4.78, 5) is 7.29. The monoisotopic (exact) mass is 291 g/mol. The van der Waals surface area contributed by atoms with E-state index in [9.17, 15) is 0 Å². The SMILES string of the molecule is CC1CCN(Cc2nc3ccccc3n2C)c2ccccc21. The van der Waals surface area contributed by atoms with Crippen LogP contribution < -0.4 is 4.90 Å². The molecule has 3 aromatic rings. The Hall–Kier alpha value is -2.29. The lowest BCUT2D eigenvalue weighted by molar-refractivity contribution is 0.597. The predicted molar refractivity (Wildman–Crippen MR) is 91.2 cm³/mol. The Morgan fingerprint density at radius 3 is 2.73 bits per heavy atom. The number of imidazole rings is 1. The second kappa shape index (κ2) is 5.16. The molecule has 0 saturated carbocycles. The summed E-state index contributed by atoms with van der Waals surface area (Å²) in [5.41, 5.74) is 5.12. The highest BCUT2D eigenvalue weighted by Crippen LogP contribution is 2.35. The fourth-order valence-corrected chi connectivity index (χ4v) is 3.49. The van der Waals surface area contributed by atoms with Gasteiger partial charge in [0.2, 0.25) is 0 Å². The fraction of sp³-hybridized carbons (Fsp3) is 0.316. The zero-order chi connectivity index (χ0) is 15.1.